The van der Waals surface area contributed by atoms with E-state index in [2.05, 4.69) is 10.1 Å². The van der Waals surface area contributed by atoms with Crippen molar-refractivity contribution in [2.45, 2.75) is 13.8 Å². The van der Waals surface area contributed by atoms with E-state index in [-0.39, 0.29) is 27.0 Å². The molecule has 110 valence electrons. The maximum atomic E-state index is 11.4. The number of carbonyl (C=O) groups excluding carboxylic acids is 2. The first-order valence-corrected chi connectivity index (χ1v) is 6.71. The molecular formula is C12H12N4O4S. The van der Waals surface area contributed by atoms with E-state index in [1.165, 1.54) is 30.7 Å². The zero-order valence-corrected chi connectivity index (χ0v) is 12.0. The molecule has 8 nitrogen and oxygen atoms in total. The van der Waals surface area contributed by atoms with Gasteiger partial charge in [-0.3, -0.25) is 9.59 Å². The summed E-state index contributed by atoms with van der Waals surface area (Å²) in [6.45, 7) is 2.60. The van der Waals surface area contributed by atoms with Gasteiger partial charge >= 0.3 is 0 Å². The lowest BCUT2D eigenvalue weighted by atomic mass is 10.3. The van der Waals surface area contributed by atoms with Crippen LogP contribution in [0.3, 0.4) is 0 Å². The minimum atomic E-state index is -1.13. The number of hydrogen-bond donors (Lipinski definition) is 2. The molecule has 0 fully saturated rings. The largest absolute Gasteiger partial charge is 0.595 e. The number of para-hydroxylation sites is 2. The topological polar surface area (TPSA) is 112 Å². The second kappa shape index (κ2) is 6.06. The number of hydrogen-bond acceptors (Lipinski definition) is 6. The van der Waals surface area contributed by atoms with E-state index in [9.17, 15) is 20.0 Å². The van der Waals surface area contributed by atoms with Gasteiger partial charge in [-0.15, -0.1) is 0 Å². The van der Waals surface area contributed by atoms with Crippen molar-refractivity contribution in [2.24, 2.45) is 4.99 Å². The lowest BCUT2D eigenvalue weighted by molar-refractivity contribution is -0.991. The zero-order chi connectivity index (χ0) is 15.6. The molecule has 0 bridgehead atoms. The van der Waals surface area contributed by atoms with E-state index in [4.69, 9.17) is 0 Å². The summed E-state index contributed by atoms with van der Waals surface area (Å²) in [7, 11) is 0. The van der Waals surface area contributed by atoms with Crippen molar-refractivity contribution in [3.05, 3.63) is 39.3 Å². The molecule has 0 aliphatic rings. The first-order valence-electron chi connectivity index (χ1n) is 5.89. The highest BCUT2D eigenvalue weighted by molar-refractivity contribution is 7.11. The first kappa shape index (κ1) is 15.2. The third-order valence-electron chi connectivity index (χ3n) is 2.48. The smallest absolute Gasteiger partial charge is 0.245 e. The van der Waals surface area contributed by atoms with Crippen LogP contribution >= 0.6 is 11.3 Å². The van der Waals surface area contributed by atoms with Gasteiger partial charge in [0.2, 0.25) is 10.7 Å². The quantitative estimate of drug-likeness (QED) is 0.611. The number of nitrogens with zero attached hydrogens (tertiary/aromatic N) is 3. The van der Waals surface area contributed by atoms with Crippen molar-refractivity contribution < 1.29 is 20.0 Å². The second-order valence-corrected chi connectivity index (χ2v) is 5.07. The van der Waals surface area contributed by atoms with E-state index < -0.39 is 11.1 Å². The molecule has 2 rings (SSSR count). The van der Waals surface area contributed by atoms with Crippen molar-refractivity contribution in [2.75, 3.05) is 0 Å². The fraction of sp³-hybridized carbons (Fsp3) is 0.167. The van der Waals surface area contributed by atoms with E-state index >= 15 is 0 Å². The summed E-state index contributed by atoms with van der Waals surface area (Å²) in [5.74, 6) is -0.748. The molecule has 1 aromatic heterocycles. The Morgan fingerprint density at radius 3 is 2.62 bits per heavy atom. The van der Waals surface area contributed by atoms with Crippen molar-refractivity contribution in [3.63, 3.8) is 0 Å². The standard InChI is InChI=1S/C12H12N4O4S/c1-7(17)11-14-15(12(21-11)13-8(2)18)9-5-3-4-6-10(9)16(19)20/h3-6,16,19H,1-2H3. The van der Waals surface area contributed by atoms with Gasteiger partial charge in [0, 0.05) is 19.9 Å². The summed E-state index contributed by atoms with van der Waals surface area (Å²) >= 11 is 0.933. The van der Waals surface area contributed by atoms with Gasteiger partial charge in [0.05, 0.1) is 0 Å². The summed E-state index contributed by atoms with van der Waals surface area (Å²) < 4.78 is 1.20. The Bertz CT molecular complexity index is 763. The van der Waals surface area contributed by atoms with E-state index in [0.29, 0.717) is 0 Å². The summed E-state index contributed by atoms with van der Waals surface area (Å²) in [5, 5.41) is 23.5. The predicted molar refractivity (Wildman–Crippen MR) is 73.5 cm³/mol. The van der Waals surface area contributed by atoms with Crippen LogP contribution in [0.5, 0.6) is 0 Å². The summed E-state index contributed by atoms with van der Waals surface area (Å²) in [6.07, 6.45) is 0. The molecule has 1 amide bonds. The lowest BCUT2D eigenvalue weighted by Crippen LogP contribution is -2.99. The van der Waals surface area contributed by atoms with Gasteiger partial charge in [-0.05, 0) is 6.07 Å². The van der Waals surface area contributed by atoms with Gasteiger partial charge in [0.15, 0.2) is 16.5 Å². The molecule has 0 saturated heterocycles. The maximum Gasteiger partial charge on any atom is 0.245 e. The number of rotatable bonds is 3. The fourth-order valence-electron chi connectivity index (χ4n) is 1.63. The highest BCUT2D eigenvalue weighted by atomic mass is 32.1. The van der Waals surface area contributed by atoms with Crippen molar-refractivity contribution in [1.82, 2.24) is 9.78 Å². The SMILES string of the molecule is CC(=O)N=c1sc(C(C)=O)nn1-c1ccccc1[NH+]([O-])O. The molecule has 21 heavy (non-hydrogen) atoms. The van der Waals surface area contributed by atoms with Crippen LogP contribution in [-0.2, 0) is 4.79 Å². The third kappa shape index (κ3) is 3.28. The van der Waals surface area contributed by atoms with Crippen molar-refractivity contribution >= 4 is 28.7 Å². The molecule has 2 aromatic rings. The van der Waals surface area contributed by atoms with Crippen LogP contribution in [0.1, 0.15) is 23.6 Å². The molecule has 2 N–H and O–H groups in total. The Morgan fingerprint density at radius 2 is 2.05 bits per heavy atom. The van der Waals surface area contributed by atoms with Crippen LogP contribution < -0.4 is 10.0 Å². The number of benzene rings is 1. The van der Waals surface area contributed by atoms with Gasteiger partial charge in [-0.2, -0.15) is 20.0 Å². The van der Waals surface area contributed by atoms with Crippen LogP contribution in [0.2, 0.25) is 0 Å². The van der Waals surface area contributed by atoms with Crippen LogP contribution in [0.4, 0.5) is 5.69 Å². The Morgan fingerprint density at radius 1 is 1.38 bits per heavy atom. The van der Waals surface area contributed by atoms with E-state index in [0.717, 1.165) is 11.3 Å². The molecule has 0 aliphatic heterocycles. The van der Waals surface area contributed by atoms with Crippen molar-refractivity contribution in [1.29, 1.82) is 0 Å². The molecule has 0 spiro atoms. The zero-order valence-electron chi connectivity index (χ0n) is 11.2. The van der Waals surface area contributed by atoms with E-state index in [1.54, 1.807) is 12.1 Å². The molecule has 1 heterocycles. The number of Topliss-reactive ketones (excluding diaryl/α,β-unsaturated/α-hetero) is 1. The van der Waals surface area contributed by atoms with Crippen molar-refractivity contribution in [3.8, 4) is 5.69 Å². The summed E-state index contributed by atoms with van der Waals surface area (Å²) in [6, 6.07) is 6.16. The second-order valence-electron chi connectivity index (χ2n) is 4.11. The molecule has 0 radical (unpaired) electrons. The predicted octanol–water partition coefficient (Wildman–Crippen LogP) is -0.0130. The first-order chi connectivity index (χ1) is 9.90. The Hall–Kier alpha value is -2.20. The molecule has 1 aromatic carbocycles. The number of ketones is 1. The Kier molecular flexibility index (Phi) is 4.38. The average molecular weight is 308 g/mol. The highest BCUT2D eigenvalue weighted by Crippen LogP contribution is 2.15. The number of quaternary nitrogens is 1. The minimum absolute atomic E-state index is 0.00269. The number of aromatic nitrogens is 2. The minimum Gasteiger partial charge on any atom is -0.595 e. The Labute approximate surface area is 123 Å². The molecule has 0 aliphatic carbocycles. The number of carbonyl (C=O) groups is 2. The summed E-state index contributed by atoms with van der Waals surface area (Å²) in [4.78, 5) is 26.6. The van der Waals surface area contributed by atoms with Crippen LogP contribution in [0, 0.1) is 5.21 Å². The summed E-state index contributed by atoms with van der Waals surface area (Å²) in [5.41, 5.74) is 0.247. The van der Waals surface area contributed by atoms with Gasteiger partial charge in [-0.1, -0.05) is 23.5 Å². The van der Waals surface area contributed by atoms with Crippen LogP contribution in [0.15, 0.2) is 29.3 Å². The normalized spacial score (nSPS) is 13.2. The molecular weight excluding hydrogens is 296 g/mol. The molecule has 9 heteroatoms. The Balaban J connectivity index is 2.74. The van der Waals surface area contributed by atoms with Gasteiger partial charge in [0.25, 0.3) is 0 Å². The highest BCUT2D eigenvalue weighted by Gasteiger charge is 2.16. The van der Waals surface area contributed by atoms with Crippen LogP contribution in [0.25, 0.3) is 5.69 Å². The van der Waals surface area contributed by atoms with Gasteiger partial charge < -0.3 is 5.21 Å². The van der Waals surface area contributed by atoms with Gasteiger partial charge in [0.1, 0.15) is 5.69 Å². The van der Waals surface area contributed by atoms with E-state index in [1.807, 2.05) is 0 Å². The third-order valence-corrected chi connectivity index (χ3v) is 3.49. The molecule has 1 unspecified atom stereocenters. The maximum absolute atomic E-state index is 11.4. The van der Waals surface area contributed by atoms with Crippen LogP contribution in [-0.4, -0.2) is 26.7 Å². The number of nitrogens with one attached hydrogen (secondary N) is 1. The average Bonchev–Trinajstić information content (AvgIpc) is 2.81. The molecule has 1 atom stereocenters. The van der Waals surface area contributed by atoms with Gasteiger partial charge in [-0.25, -0.2) is 5.21 Å². The lowest BCUT2D eigenvalue weighted by Gasteiger charge is -2.14. The fourth-order valence-corrected chi connectivity index (χ4v) is 2.47. The monoisotopic (exact) mass is 308 g/mol. The molecule has 0 saturated carbocycles. The number of amides is 1.